The molecule has 0 aliphatic rings. The van der Waals surface area contributed by atoms with Crippen molar-refractivity contribution in [3.05, 3.63) is 4.88 Å². The van der Waals surface area contributed by atoms with Gasteiger partial charge in [-0.15, -0.1) is 0 Å². The number of nitrogens with two attached hydrogens (primary N) is 2. The summed E-state index contributed by atoms with van der Waals surface area (Å²) < 4.78 is 2.07. The molecule has 7 heteroatoms. The highest BCUT2D eigenvalue weighted by molar-refractivity contribution is 7.99. The second-order valence-corrected chi connectivity index (χ2v) is 5.72. The maximum absolute atomic E-state index is 5.61. The van der Waals surface area contributed by atoms with Crippen LogP contribution in [0.1, 0.15) is 32.6 Å². The Hall–Kier alpha value is -0.500. The first-order chi connectivity index (χ1) is 10.1. The Kier molecular flexibility index (Phi) is 15.7. The van der Waals surface area contributed by atoms with Gasteiger partial charge in [-0.25, -0.2) is 4.98 Å². The third-order valence-electron chi connectivity index (χ3n) is 2.40. The van der Waals surface area contributed by atoms with E-state index in [-0.39, 0.29) is 0 Å². The summed E-state index contributed by atoms with van der Waals surface area (Å²) in [4.78, 5) is 8.02. The summed E-state index contributed by atoms with van der Waals surface area (Å²) in [5.41, 5.74) is 11.2. The molecule has 0 radical (unpaired) electrons. The fourth-order valence-corrected chi connectivity index (χ4v) is 2.90. The summed E-state index contributed by atoms with van der Waals surface area (Å²) in [6, 6.07) is 0. The molecule has 0 aliphatic heterocycles. The van der Waals surface area contributed by atoms with Gasteiger partial charge < -0.3 is 20.7 Å². The van der Waals surface area contributed by atoms with Crippen molar-refractivity contribution in [2.45, 2.75) is 34.6 Å². The lowest BCUT2D eigenvalue weighted by atomic mass is 10.5. The van der Waals surface area contributed by atoms with Gasteiger partial charge in [0.15, 0.2) is 10.9 Å². The highest BCUT2D eigenvalue weighted by atomic mass is 32.2. The number of hydrogen-bond acceptors (Lipinski definition) is 7. The number of nitrogens with zero attached hydrogens (tertiary/aromatic N) is 3. The molecule has 4 N–H and O–H groups in total. The fourth-order valence-electron chi connectivity index (χ4n) is 1.50. The first-order valence-corrected chi connectivity index (χ1v) is 9.54. The summed E-state index contributed by atoms with van der Waals surface area (Å²) in [6.45, 7) is 12.9. The number of hydrogen-bond donors (Lipinski definition) is 2. The van der Waals surface area contributed by atoms with E-state index in [2.05, 4.69) is 21.1 Å². The molecule has 0 aromatic carbocycles. The number of rotatable bonds is 7. The molecule has 1 rings (SSSR count). The quantitative estimate of drug-likeness (QED) is 0.747. The lowest BCUT2D eigenvalue weighted by Gasteiger charge is -2.20. The van der Waals surface area contributed by atoms with E-state index in [0.29, 0.717) is 13.1 Å². The van der Waals surface area contributed by atoms with Crippen molar-refractivity contribution in [1.29, 1.82) is 0 Å². The molecule has 1 aromatic rings. The van der Waals surface area contributed by atoms with Gasteiger partial charge in [-0.2, -0.15) is 0 Å². The lowest BCUT2D eigenvalue weighted by molar-refractivity contribution is 0.779. The average Bonchev–Trinajstić information content (AvgIpc) is 2.92. The van der Waals surface area contributed by atoms with Crippen LogP contribution in [-0.2, 0) is 0 Å². The van der Waals surface area contributed by atoms with E-state index in [9.17, 15) is 0 Å². The van der Waals surface area contributed by atoms with Crippen molar-refractivity contribution in [1.82, 2.24) is 4.98 Å². The van der Waals surface area contributed by atoms with Gasteiger partial charge in [-0.05, 0) is 6.92 Å². The molecule has 0 bridgehead atoms. The van der Waals surface area contributed by atoms with Gasteiger partial charge in [-0.1, -0.05) is 51.0 Å². The topological polar surface area (TPSA) is 71.4 Å². The number of thiazole rings is 1. The van der Waals surface area contributed by atoms with E-state index in [0.717, 1.165) is 24.0 Å². The highest BCUT2D eigenvalue weighted by Gasteiger charge is 2.15. The minimum atomic E-state index is 0.617. The fraction of sp³-hybridized carbons (Fsp3) is 0.786. The first kappa shape index (κ1) is 22.8. The monoisotopic (exact) mass is 335 g/mol. The zero-order valence-electron chi connectivity index (χ0n) is 14.6. The molecule has 0 unspecified atom stereocenters. The molecule has 1 aromatic heterocycles. The molecule has 0 atom stereocenters. The van der Waals surface area contributed by atoms with E-state index in [1.165, 1.54) is 4.88 Å². The zero-order chi connectivity index (χ0) is 16.8. The van der Waals surface area contributed by atoms with Crippen molar-refractivity contribution >= 4 is 34.2 Å². The van der Waals surface area contributed by atoms with Crippen molar-refractivity contribution in [3.63, 3.8) is 0 Å². The van der Waals surface area contributed by atoms with E-state index in [1.807, 2.05) is 41.0 Å². The Balaban J connectivity index is 0. The Morgan fingerprint density at radius 3 is 1.95 bits per heavy atom. The molecule has 0 amide bonds. The minimum Gasteiger partial charge on any atom is -0.345 e. The number of aromatic nitrogens is 1. The molecule has 126 valence electrons. The summed E-state index contributed by atoms with van der Waals surface area (Å²) in [5, 5.41) is 1.01. The van der Waals surface area contributed by atoms with E-state index >= 15 is 0 Å². The van der Waals surface area contributed by atoms with Gasteiger partial charge in [0, 0.05) is 44.4 Å². The van der Waals surface area contributed by atoms with Crippen LogP contribution in [0.25, 0.3) is 0 Å². The van der Waals surface area contributed by atoms with Crippen LogP contribution >= 0.6 is 23.3 Å². The Bertz CT molecular complexity index is 338. The number of aryl methyl sites for hydroxylation is 1. The molecule has 5 nitrogen and oxygen atoms in total. The van der Waals surface area contributed by atoms with Crippen LogP contribution in [0.5, 0.6) is 0 Å². The number of anilines is 2. The zero-order valence-corrected chi connectivity index (χ0v) is 16.3. The maximum Gasteiger partial charge on any atom is 0.187 e. The van der Waals surface area contributed by atoms with Crippen molar-refractivity contribution in [2.24, 2.45) is 11.5 Å². The molecule has 0 saturated heterocycles. The van der Waals surface area contributed by atoms with Gasteiger partial charge >= 0.3 is 0 Å². The molecule has 0 aliphatic carbocycles. The first-order valence-electron chi connectivity index (χ1n) is 7.54. The van der Waals surface area contributed by atoms with E-state index in [4.69, 9.17) is 11.5 Å². The molecular weight excluding hydrogens is 302 g/mol. The average molecular weight is 336 g/mol. The van der Waals surface area contributed by atoms with Gasteiger partial charge in [0.05, 0.1) is 0 Å². The van der Waals surface area contributed by atoms with Crippen LogP contribution in [-0.4, -0.2) is 44.5 Å². The molecule has 21 heavy (non-hydrogen) atoms. The van der Waals surface area contributed by atoms with Gasteiger partial charge in [-0.3, -0.25) is 0 Å². The molecule has 0 fully saturated rings. The standard InChI is InChI=1S/C10H21N5S2.2C2H6/c1-8-9(14(2)16-3)13-10(17-8)15(6-4-11)7-5-12;2*1-2/h4-7,11-12H2,1-3H3;2*1-2H3. The Labute approximate surface area is 139 Å². The van der Waals surface area contributed by atoms with Crippen molar-refractivity contribution in [3.8, 4) is 0 Å². The predicted molar refractivity (Wildman–Crippen MR) is 102 cm³/mol. The Morgan fingerprint density at radius 2 is 1.57 bits per heavy atom. The minimum absolute atomic E-state index is 0.617. The maximum atomic E-state index is 5.61. The Morgan fingerprint density at radius 1 is 1.10 bits per heavy atom. The lowest BCUT2D eigenvalue weighted by Crippen LogP contribution is -2.33. The van der Waals surface area contributed by atoms with Crippen LogP contribution in [0, 0.1) is 6.92 Å². The normalized spacial score (nSPS) is 9.19. The molecular formula is C14H33N5S2. The molecule has 0 spiro atoms. The van der Waals surface area contributed by atoms with Crippen LogP contribution in [0.15, 0.2) is 0 Å². The summed E-state index contributed by atoms with van der Waals surface area (Å²) in [6.07, 6.45) is 2.04. The van der Waals surface area contributed by atoms with E-state index < -0.39 is 0 Å². The van der Waals surface area contributed by atoms with E-state index in [1.54, 1.807) is 23.3 Å². The summed E-state index contributed by atoms with van der Waals surface area (Å²) in [5.74, 6) is 1.02. The van der Waals surface area contributed by atoms with Crippen LogP contribution < -0.4 is 20.7 Å². The van der Waals surface area contributed by atoms with Gasteiger partial charge in [0.25, 0.3) is 0 Å². The predicted octanol–water partition coefficient (Wildman–Crippen LogP) is 2.94. The summed E-state index contributed by atoms with van der Waals surface area (Å²) in [7, 11) is 2.02. The molecule has 1 heterocycles. The van der Waals surface area contributed by atoms with Crippen LogP contribution in [0.4, 0.5) is 10.9 Å². The molecule has 0 saturated carbocycles. The third-order valence-corrected chi connectivity index (χ3v) is 4.14. The van der Waals surface area contributed by atoms with Crippen LogP contribution in [0.3, 0.4) is 0 Å². The van der Waals surface area contributed by atoms with Crippen LogP contribution in [0.2, 0.25) is 0 Å². The third kappa shape index (κ3) is 7.90. The second kappa shape index (κ2) is 14.4. The highest BCUT2D eigenvalue weighted by Crippen LogP contribution is 2.32. The second-order valence-electron chi connectivity index (χ2n) is 3.62. The SMILES string of the molecule is CC.CC.CSN(C)c1nc(N(CCN)CCN)sc1C. The smallest absolute Gasteiger partial charge is 0.187 e. The largest absolute Gasteiger partial charge is 0.345 e. The summed E-state index contributed by atoms with van der Waals surface area (Å²) >= 11 is 3.35. The van der Waals surface area contributed by atoms with Gasteiger partial charge in [0.1, 0.15) is 0 Å². The van der Waals surface area contributed by atoms with Gasteiger partial charge in [0.2, 0.25) is 0 Å². The van der Waals surface area contributed by atoms with Crippen molar-refractivity contribution < 1.29 is 0 Å². The van der Waals surface area contributed by atoms with Crippen molar-refractivity contribution in [2.75, 3.05) is 48.7 Å².